The zero-order valence-corrected chi connectivity index (χ0v) is 16.5. The number of fused-ring (bicyclic) bond motifs is 1. The third kappa shape index (κ3) is 4.34. The smallest absolute Gasteiger partial charge is 0.250 e. The number of primary amides is 1. The van der Waals surface area contributed by atoms with E-state index in [-0.39, 0.29) is 11.5 Å². The molecule has 1 aliphatic rings. The first kappa shape index (κ1) is 19.9. The summed E-state index contributed by atoms with van der Waals surface area (Å²) in [5, 5.41) is 12.5. The molecular weight excluding hydrogens is 372 g/mol. The molecule has 6 nitrogen and oxygen atoms in total. The number of aromatic nitrogens is 1. The van der Waals surface area contributed by atoms with Crippen molar-refractivity contribution < 1.29 is 9.59 Å². The molecule has 1 aromatic heterocycles. The lowest BCUT2D eigenvalue weighted by Crippen LogP contribution is -2.26. The summed E-state index contributed by atoms with van der Waals surface area (Å²) in [6.07, 6.45) is 4.62. The van der Waals surface area contributed by atoms with Gasteiger partial charge in [-0.3, -0.25) is 9.59 Å². The topological polar surface area (TPSA) is 109 Å². The first-order chi connectivity index (χ1) is 13.5. The van der Waals surface area contributed by atoms with Gasteiger partial charge in [-0.25, -0.2) is 4.98 Å². The van der Waals surface area contributed by atoms with Crippen molar-refractivity contribution in [1.29, 1.82) is 5.26 Å². The number of rotatable bonds is 6. The minimum absolute atomic E-state index is 0.246. The van der Waals surface area contributed by atoms with Gasteiger partial charge in [-0.1, -0.05) is 30.8 Å². The van der Waals surface area contributed by atoms with Crippen molar-refractivity contribution in [2.45, 2.75) is 49.3 Å². The molecule has 0 radical (unpaired) electrons. The van der Waals surface area contributed by atoms with E-state index in [4.69, 9.17) is 10.7 Å². The van der Waals surface area contributed by atoms with Crippen molar-refractivity contribution in [3.8, 4) is 6.07 Å². The summed E-state index contributed by atoms with van der Waals surface area (Å²) in [5.41, 5.74) is 8.71. The highest BCUT2D eigenvalue weighted by Gasteiger charge is 2.23. The van der Waals surface area contributed by atoms with Crippen LogP contribution in [0.25, 0.3) is 0 Å². The van der Waals surface area contributed by atoms with Crippen LogP contribution in [0.1, 0.15) is 53.4 Å². The summed E-state index contributed by atoms with van der Waals surface area (Å²) in [7, 11) is 0. The van der Waals surface area contributed by atoms with Gasteiger partial charge in [0.2, 0.25) is 5.91 Å². The van der Waals surface area contributed by atoms with Gasteiger partial charge in [-0.2, -0.15) is 5.26 Å². The van der Waals surface area contributed by atoms with Crippen LogP contribution in [0.15, 0.2) is 35.4 Å². The molecule has 1 aliphatic carbocycles. The van der Waals surface area contributed by atoms with Gasteiger partial charge in [-0.05, 0) is 55.9 Å². The number of nitriles is 1. The number of nitrogens with two attached hydrogens (primary N) is 1. The van der Waals surface area contributed by atoms with E-state index in [1.54, 1.807) is 24.3 Å². The predicted octanol–water partition coefficient (Wildman–Crippen LogP) is 3.44. The SMILES string of the molecule is CCC(Sc1nc2c(cc1C#N)CCCC2)C(=O)Nc1ccccc1C(N)=O. The molecule has 0 bridgehead atoms. The first-order valence-electron chi connectivity index (χ1n) is 9.32. The maximum absolute atomic E-state index is 12.8. The molecule has 1 unspecified atom stereocenters. The van der Waals surface area contributed by atoms with Crippen LogP contribution in [0.5, 0.6) is 0 Å². The number of aryl methyl sites for hydroxylation is 2. The fraction of sp³-hybridized carbons (Fsp3) is 0.333. The molecule has 7 heteroatoms. The summed E-state index contributed by atoms with van der Waals surface area (Å²) in [6.45, 7) is 1.90. The largest absolute Gasteiger partial charge is 0.366 e. The maximum atomic E-state index is 12.8. The van der Waals surface area contributed by atoms with E-state index >= 15 is 0 Å². The lowest BCUT2D eigenvalue weighted by molar-refractivity contribution is -0.115. The monoisotopic (exact) mass is 394 g/mol. The van der Waals surface area contributed by atoms with E-state index in [0.29, 0.717) is 22.7 Å². The maximum Gasteiger partial charge on any atom is 0.250 e. The second kappa shape index (κ2) is 8.89. The first-order valence-corrected chi connectivity index (χ1v) is 10.2. The molecule has 0 saturated heterocycles. The number of nitrogens with zero attached hydrogens (tertiary/aromatic N) is 2. The Labute approximate surface area is 168 Å². The van der Waals surface area contributed by atoms with Crippen LogP contribution in [-0.4, -0.2) is 22.0 Å². The highest BCUT2D eigenvalue weighted by molar-refractivity contribution is 8.00. The fourth-order valence-corrected chi connectivity index (χ4v) is 4.26. The van der Waals surface area contributed by atoms with Crippen LogP contribution in [0.2, 0.25) is 0 Å². The number of carbonyl (C=O) groups excluding carboxylic acids is 2. The van der Waals surface area contributed by atoms with Gasteiger partial charge in [0, 0.05) is 5.69 Å². The molecule has 0 saturated carbocycles. The second-order valence-corrected chi connectivity index (χ2v) is 7.87. The Morgan fingerprint density at radius 3 is 2.79 bits per heavy atom. The number of amides is 2. The summed E-state index contributed by atoms with van der Waals surface area (Å²) in [6, 6.07) is 10.8. The van der Waals surface area contributed by atoms with Crippen molar-refractivity contribution >= 4 is 29.3 Å². The van der Waals surface area contributed by atoms with Gasteiger partial charge in [0.1, 0.15) is 11.1 Å². The van der Waals surface area contributed by atoms with Gasteiger partial charge < -0.3 is 11.1 Å². The lowest BCUT2D eigenvalue weighted by Gasteiger charge is -2.19. The Morgan fingerprint density at radius 2 is 2.07 bits per heavy atom. The fourth-order valence-electron chi connectivity index (χ4n) is 3.26. The van der Waals surface area contributed by atoms with Gasteiger partial charge in [-0.15, -0.1) is 0 Å². The van der Waals surface area contributed by atoms with Gasteiger partial charge >= 0.3 is 0 Å². The summed E-state index contributed by atoms with van der Waals surface area (Å²) < 4.78 is 0. The molecule has 1 aromatic carbocycles. The average Bonchev–Trinajstić information content (AvgIpc) is 2.71. The van der Waals surface area contributed by atoms with Crippen LogP contribution in [-0.2, 0) is 17.6 Å². The number of thioether (sulfide) groups is 1. The molecule has 0 aliphatic heterocycles. The summed E-state index contributed by atoms with van der Waals surface area (Å²) in [5.74, 6) is -0.843. The number of hydrogen-bond acceptors (Lipinski definition) is 5. The van der Waals surface area contributed by atoms with Crippen molar-refractivity contribution in [3.63, 3.8) is 0 Å². The molecule has 2 amide bonds. The van der Waals surface area contributed by atoms with Crippen molar-refractivity contribution in [2.75, 3.05) is 5.32 Å². The van der Waals surface area contributed by atoms with E-state index in [1.165, 1.54) is 11.8 Å². The molecule has 1 atom stereocenters. The molecular formula is C21H22N4O2S. The van der Waals surface area contributed by atoms with Gasteiger partial charge in [0.15, 0.2) is 0 Å². The predicted molar refractivity (Wildman–Crippen MR) is 109 cm³/mol. The quantitative estimate of drug-likeness (QED) is 0.730. The zero-order valence-electron chi connectivity index (χ0n) is 15.7. The molecule has 28 heavy (non-hydrogen) atoms. The third-order valence-electron chi connectivity index (χ3n) is 4.75. The van der Waals surface area contributed by atoms with Crippen molar-refractivity contribution in [2.24, 2.45) is 5.73 Å². The Kier molecular flexibility index (Phi) is 6.32. The minimum atomic E-state index is -0.597. The lowest BCUT2D eigenvalue weighted by atomic mass is 9.95. The number of nitrogens with one attached hydrogen (secondary N) is 1. The molecule has 3 N–H and O–H groups in total. The van der Waals surface area contributed by atoms with Crippen molar-refractivity contribution in [3.05, 3.63) is 52.7 Å². The molecule has 3 rings (SSSR count). The highest BCUT2D eigenvalue weighted by Crippen LogP contribution is 2.31. The van der Waals surface area contributed by atoms with Gasteiger partial charge in [0.25, 0.3) is 5.91 Å². The molecule has 0 spiro atoms. The normalized spacial score (nSPS) is 13.9. The third-order valence-corrected chi connectivity index (χ3v) is 6.12. The Balaban J connectivity index is 1.82. The van der Waals surface area contributed by atoms with E-state index < -0.39 is 11.2 Å². The van der Waals surface area contributed by atoms with Gasteiger partial charge in [0.05, 0.1) is 22.1 Å². The number of hydrogen-bond donors (Lipinski definition) is 2. The van der Waals surface area contributed by atoms with E-state index in [9.17, 15) is 14.9 Å². The van der Waals surface area contributed by atoms with E-state index in [0.717, 1.165) is 36.9 Å². The highest BCUT2D eigenvalue weighted by atomic mass is 32.2. The van der Waals surface area contributed by atoms with Crippen LogP contribution < -0.4 is 11.1 Å². The summed E-state index contributed by atoms with van der Waals surface area (Å²) >= 11 is 1.29. The number of benzene rings is 1. The van der Waals surface area contributed by atoms with Crippen LogP contribution >= 0.6 is 11.8 Å². The number of anilines is 1. The minimum Gasteiger partial charge on any atom is -0.366 e. The van der Waals surface area contributed by atoms with Crippen molar-refractivity contribution in [1.82, 2.24) is 4.98 Å². The number of carbonyl (C=O) groups is 2. The standard InChI is InChI=1S/C21H22N4O2S/c1-2-18(20(27)24-17-10-6-4-8-15(17)19(23)26)28-21-14(12-22)11-13-7-3-5-9-16(13)25-21/h4,6,8,10-11,18H,2-3,5,7,9H2,1H3,(H2,23,26)(H,24,27). The van der Waals surface area contributed by atoms with E-state index in [1.807, 2.05) is 13.0 Å². The Morgan fingerprint density at radius 1 is 1.32 bits per heavy atom. The van der Waals surface area contributed by atoms with Crippen LogP contribution in [0.3, 0.4) is 0 Å². The number of para-hydroxylation sites is 1. The van der Waals surface area contributed by atoms with Crippen LogP contribution in [0.4, 0.5) is 5.69 Å². The number of pyridine rings is 1. The second-order valence-electron chi connectivity index (χ2n) is 6.68. The molecule has 1 heterocycles. The average molecular weight is 395 g/mol. The molecule has 144 valence electrons. The zero-order chi connectivity index (χ0) is 20.1. The van der Waals surface area contributed by atoms with Crippen LogP contribution in [0, 0.1) is 11.3 Å². The Hall–Kier alpha value is -2.85. The molecule has 2 aromatic rings. The van der Waals surface area contributed by atoms with E-state index in [2.05, 4.69) is 11.4 Å². The molecule has 0 fully saturated rings. The summed E-state index contributed by atoms with van der Waals surface area (Å²) in [4.78, 5) is 29.1. The Bertz CT molecular complexity index is 952.